The van der Waals surface area contributed by atoms with Gasteiger partial charge in [0.1, 0.15) is 11.7 Å². The molecule has 2 heterocycles. The average Bonchev–Trinajstić information content (AvgIpc) is 3.23. The van der Waals surface area contributed by atoms with Crippen molar-refractivity contribution in [3.8, 4) is 0 Å². The van der Waals surface area contributed by atoms with Gasteiger partial charge >= 0.3 is 5.97 Å². The molecule has 1 aliphatic carbocycles. The number of pyridine rings is 1. The molecule has 2 aromatic rings. The minimum absolute atomic E-state index is 0.291. The Balaban J connectivity index is 2.10. The fraction of sp³-hybridized carbons (Fsp3) is 0.375. The van der Waals surface area contributed by atoms with Crippen molar-refractivity contribution in [2.75, 3.05) is 6.54 Å². The van der Waals surface area contributed by atoms with Crippen molar-refractivity contribution < 1.29 is 14.3 Å². The quantitative estimate of drug-likeness (QED) is 0.884. The number of rotatable bonds is 2. The van der Waals surface area contributed by atoms with E-state index < -0.39 is 17.6 Å². The summed E-state index contributed by atoms with van der Waals surface area (Å²) in [6.45, 7) is 1.51. The number of carboxylic acid groups (broad SMARTS) is 1. The van der Waals surface area contributed by atoms with Gasteiger partial charge in [-0.15, -0.1) is 0 Å². The van der Waals surface area contributed by atoms with Crippen LogP contribution in [0.1, 0.15) is 33.9 Å². The number of alkyl halides is 1. The second-order valence-corrected chi connectivity index (χ2v) is 5.93. The normalized spacial score (nSPS) is 23.3. The molecule has 114 valence electrons. The van der Waals surface area contributed by atoms with Crippen LogP contribution < -0.4 is 10.7 Å². The number of nitrogens with zero attached hydrogens (tertiary/aromatic N) is 1. The lowest BCUT2D eigenvalue weighted by atomic mass is 9.96. The van der Waals surface area contributed by atoms with Crippen LogP contribution in [-0.4, -0.2) is 28.4 Å². The zero-order valence-electron chi connectivity index (χ0n) is 11.8. The third-order valence-corrected chi connectivity index (χ3v) is 4.53. The highest BCUT2D eigenvalue weighted by atomic mass is 19.1. The van der Waals surface area contributed by atoms with Gasteiger partial charge in [0.05, 0.1) is 11.6 Å². The van der Waals surface area contributed by atoms with Crippen LogP contribution in [-0.2, 0) is 13.0 Å². The number of benzene rings is 1. The molecule has 5 nitrogen and oxygen atoms in total. The molecule has 0 bridgehead atoms. The Kier molecular flexibility index (Phi) is 2.84. The third-order valence-electron chi connectivity index (χ3n) is 4.53. The van der Waals surface area contributed by atoms with Crippen LogP contribution in [0, 0.1) is 0 Å². The zero-order valence-corrected chi connectivity index (χ0v) is 11.8. The van der Waals surface area contributed by atoms with Gasteiger partial charge in [-0.3, -0.25) is 4.79 Å². The SMILES string of the molecule is O=C(O)c1cn(C2CC2F)c2c3c(ccc2c1=O)CNCC3. The van der Waals surface area contributed by atoms with Gasteiger partial charge in [-0.25, -0.2) is 9.18 Å². The van der Waals surface area contributed by atoms with Gasteiger partial charge in [0, 0.05) is 24.5 Å². The summed E-state index contributed by atoms with van der Waals surface area (Å²) < 4.78 is 15.3. The number of aromatic carboxylic acids is 1. The van der Waals surface area contributed by atoms with Gasteiger partial charge in [-0.05, 0) is 30.2 Å². The highest BCUT2D eigenvalue weighted by Crippen LogP contribution is 2.41. The van der Waals surface area contributed by atoms with Crippen LogP contribution in [0.4, 0.5) is 4.39 Å². The van der Waals surface area contributed by atoms with Crippen LogP contribution in [0.2, 0.25) is 0 Å². The molecular formula is C16H15FN2O3. The van der Waals surface area contributed by atoms with Crippen LogP contribution in [0.15, 0.2) is 23.1 Å². The first-order valence-corrected chi connectivity index (χ1v) is 7.35. The molecule has 0 radical (unpaired) electrons. The van der Waals surface area contributed by atoms with E-state index in [0.717, 1.165) is 24.1 Å². The summed E-state index contributed by atoms with van der Waals surface area (Å²) in [6, 6.07) is 3.17. The maximum absolute atomic E-state index is 13.6. The highest BCUT2D eigenvalue weighted by Gasteiger charge is 2.40. The molecule has 1 aromatic carbocycles. The molecule has 0 saturated heterocycles. The molecule has 2 unspecified atom stereocenters. The maximum Gasteiger partial charge on any atom is 0.341 e. The van der Waals surface area contributed by atoms with E-state index in [1.165, 1.54) is 6.20 Å². The summed E-state index contributed by atoms with van der Waals surface area (Å²) in [6.07, 6.45) is 1.48. The van der Waals surface area contributed by atoms with Crippen LogP contribution >= 0.6 is 0 Å². The monoisotopic (exact) mass is 302 g/mol. The second-order valence-electron chi connectivity index (χ2n) is 5.93. The third kappa shape index (κ3) is 1.87. The van der Waals surface area contributed by atoms with Crippen LogP contribution in [0.5, 0.6) is 0 Å². The lowest BCUT2D eigenvalue weighted by molar-refractivity contribution is 0.0694. The molecule has 1 fully saturated rings. The summed E-state index contributed by atoms with van der Waals surface area (Å²) in [5.41, 5.74) is 2.05. The first-order chi connectivity index (χ1) is 10.6. The van der Waals surface area contributed by atoms with Crippen molar-refractivity contribution in [1.29, 1.82) is 0 Å². The predicted octanol–water partition coefficient (Wildman–Crippen LogP) is 1.63. The topological polar surface area (TPSA) is 71.3 Å². The smallest absolute Gasteiger partial charge is 0.341 e. The lowest BCUT2D eigenvalue weighted by Gasteiger charge is -2.22. The highest BCUT2D eigenvalue weighted by molar-refractivity contribution is 5.94. The van der Waals surface area contributed by atoms with Crippen molar-refractivity contribution in [3.05, 3.63) is 45.2 Å². The Morgan fingerprint density at radius 2 is 2.18 bits per heavy atom. The lowest BCUT2D eigenvalue weighted by Crippen LogP contribution is -2.26. The summed E-state index contributed by atoms with van der Waals surface area (Å²) in [5, 5.41) is 12.9. The van der Waals surface area contributed by atoms with E-state index >= 15 is 0 Å². The molecule has 4 rings (SSSR count). The van der Waals surface area contributed by atoms with Gasteiger partial charge in [0.15, 0.2) is 0 Å². The van der Waals surface area contributed by atoms with Crippen molar-refractivity contribution >= 4 is 16.9 Å². The summed E-state index contributed by atoms with van der Waals surface area (Å²) in [5.74, 6) is -1.27. The number of nitrogens with one attached hydrogen (secondary N) is 1. The summed E-state index contributed by atoms with van der Waals surface area (Å²) in [4.78, 5) is 23.7. The minimum Gasteiger partial charge on any atom is -0.477 e. The van der Waals surface area contributed by atoms with E-state index in [1.54, 1.807) is 10.6 Å². The first-order valence-electron chi connectivity index (χ1n) is 7.35. The van der Waals surface area contributed by atoms with E-state index in [9.17, 15) is 19.1 Å². The Morgan fingerprint density at radius 3 is 2.86 bits per heavy atom. The second kappa shape index (κ2) is 4.64. The van der Waals surface area contributed by atoms with Gasteiger partial charge < -0.3 is 15.0 Å². The number of fused-ring (bicyclic) bond motifs is 3. The summed E-state index contributed by atoms with van der Waals surface area (Å²) >= 11 is 0. The number of aromatic nitrogens is 1. The molecule has 0 spiro atoms. The van der Waals surface area contributed by atoms with Crippen molar-refractivity contribution in [3.63, 3.8) is 0 Å². The van der Waals surface area contributed by atoms with E-state index in [2.05, 4.69) is 5.32 Å². The van der Waals surface area contributed by atoms with Gasteiger partial charge in [0.2, 0.25) is 5.43 Å². The van der Waals surface area contributed by atoms with Crippen molar-refractivity contribution in [2.45, 2.75) is 31.6 Å². The molecule has 1 aromatic heterocycles. The van der Waals surface area contributed by atoms with E-state index in [1.807, 2.05) is 6.07 Å². The number of hydrogen-bond donors (Lipinski definition) is 2. The molecule has 1 saturated carbocycles. The van der Waals surface area contributed by atoms with Gasteiger partial charge in [-0.1, -0.05) is 6.07 Å². The Labute approximate surface area is 125 Å². The van der Waals surface area contributed by atoms with E-state index in [0.29, 0.717) is 23.9 Å². The van der Waals surface area contributed by atoms with E-state index in [4.69, 9.17) is 0 Å². The molecule has 1 aliphatic heterocycles. The number of carbonyl (C=O) groups is 1. The number of hydrogen-bond acceptors (Lipinski definition) is 3. The Morgan fingerprint density at radius 1 is 1.41 bits per heavy atom. The summed E-state index contributed by atoms with van der Waals surface area (Å²) in [7, 11) is 0. The number of carboxylic acids is 1. The minimum atomic E-state index is -1.27. The maximum atomic E-state index is 13.6. The van der Waals surface area contributed by atoms with Gasteiger partial charge in [-0.2, -0.15) is 0 Å². The molecule has 22 heavy (non-hydrogen) atoms. The zero-order chi connectivity index (χ0) is 15.4. The predicted molar refractivity (Wildman–Crippen MR) is 79.1 cm³/mol. The van der Waals surface area contributed by atoms with Crippen LogP contribution in [0.3, 0.4) is 0 Å². The fourth-order valence-electron chi connectivity index (χ4n) is 3.30. The molecule has 2 N–H and O–H groups in total. The van der Waals surface area contributed by atoms with Gasteiger partial charge in [0.25, 0.3) is 0 Å². The largest absolute Gasteiger partial charge is 0.477 e. The van der Waals surface area contributed by atoms with Crippen LogP contribution in [0.25, 0.3) is 10.9 Å². The fourth-order valence-corrected chi connectivity index (χ4v) is 3.30. The Bertz CT molecular complexity index is 859. The van der Waals surface area contributed by atoms with E-state index in [-0.39, 0.29) is 11.6 Å². The molecule has 2 aliphatic rings. The molecule has 0 amide bonds. The molecule has 2 atom stereocenters. The standard InChI is InChI=1S/C16H15FN2O3/c17-12-5-13(12)19-7-11(16(21)22)15(20)10-2-1-8-6-18-4-3-9(8)14(10)19/h1-2,7,12-13,18H,3-6H2,(H,21,22). The number of halogens is 1. The first kappa shape index (κ1) is 13.5. The Hall–Kier alpha value is -2.21. The average molecular weight is 302 g/mol. The van der Waals surface area contributed by atoms with Crippen molar-refractivity contribution in [2.24, 2.45) is 0 Å². The van der Waals surface area contributed by atoms with Crippen molar-refractivity contribution in [1.82, 2.24) is 9.88 Å². The molecular weight excluding hydrogens is 287 g/mol. The molecule has 6 heteroatoms.